The topological polar surface area (TPSA) is 56.0 Å². The Kier molecular flexibility index (Phi) is 3.48. The third-order valence-electron chi connectivity index (χ3n) is 2.84. The molecule has 2 rings (SSSR count). The first-order chi connectivity index (χ1) is 8.47. The molecular formula is C14H16N2OS. The Morgan fingerprint density at radius 2 is 2.22 bits per heavy atom. The van der Waals surface area contributed by atoms with E-state index in [1.54, 1.807) is 11.3 Å². The second-order valence-electron chi connectivity index (χ2n) is 4.63. The van der Waals surface area contributed by atoms with Gasteiger partial charge in [0.15, 0.2) is 0 Å². The first-order valence-electron chi connectivity index (χ1n) is 5.84. The van der Waals surface area contributed by atoms with E-state index in [1.165, 1.54) is 5.56 Å². The van der Waals surface area contributed by atoms with Gasteiger partial charge in [-0.2, -0.15) is 0 Å². The molecule has 0 unspecified atom stereocenters. The molecule has 0 spiro atoms. The van der Waals surface area contributed by atoms with Gasteiger partial charge in [0.2, 0.25) is 5.91 Å². The second-order valence-corrected chi connectivity index (χ2v) is 5.75. The number of hydrogen-bond donors (Lipinski definition) is 1. The number of benzene rings is 1. The van der Waals surface area contributed by atoms with Crippen LogP contribution in [-0.2, 0) is 11.2 Å². The molecule has 0 aliphatic heterocycles. The van der Waals surface area contributed by atoms with E-state index in [0.29, 0.717) is 17.9 Å². The molecule has 94 valence electrons. The lowest BCUT2D eigenvalue weighted by Gasteiger charge is -2.03. The fraction of sp³-hybridized carbons (Fsp3) is 0.286. The minimum Gasteiger partial charge on any atom is -0.366 e. The Bertz CT molecular complexity index is 613. The van der Waals surface area contributed by atoms with Crippen LogP contribution in [0.3, 0.4) is 0 Å². The van der Waals surface area contributed by atoms with Gasteiger partial charge in [0.05, 0.1) is 15.2 Å². The van der Waals surface area contributed by atoms with Gasteiger partial charge in [-0.15, -0.1) is 11.3 Å². The lowest BCUT2D eigenvalue weighted by atomic mass is 10.0. The summed E-state index contributed by atoms with van der Waals surface area (Å²) < 4.78 is 1.15. The minimum atomic E-state index is -0.461. The monoisotopic (exact) mass is 260 g/mol. The van der Waals surface area contributed by atoms with Crippen molar-refractivity contribution in [2.75, 3.05) is 0 Å². The molecule has 1 amide bonds. The Labute approximate surface area is 110 Å². The van der Waals surface area contributed by atoms with Gasteiger partial charge in [-0.25, -0.2) is 4.98 Å². The van der Waals surface area contributed by atoms with Gasteiger partial charge < -0.3 is 5.73 Å². The fourth-order valence-corrected chi connectivity index (χ4v) is 2.75. The molecule has 4 heteroatoms. The molecule has 0 saturated carbocycles. The molecule has 1 aromatic heterocycles. The number of aromatic nitrogens is 1. The van der Waals surface area contributed by atoms with E-state index in [1.807, 2.05) is 6.07 Å². The van der Waals surface area contributed by atoms with Gasteiger partial charge in [-0.05, 0) is 23.6 Å². The molecule has 0 fully saturated rings. The first kappa shape index (κ1) is 12.8. The van der Waals surface area contributed by atoms with Gasteiger partial charge >= 0.3 is 0 Å². The number of thiazole rings is 1. The molecular weight excluding hydrogens is 244 g/mol. The molecule has 0 atom stereocenters. The summed E-state index contributed by atoms with van der Waals surface area (Å²) in [4.78, 5) is 15.4. The summed E-state index contributed by atoms with van der Waals surface area (Å²) in [7, 11) is 0. The minimum absolute atomic E-state index is 0.401. The summed E-state index contributed by atoms with van der Waals surface area (Å²) >= 11 is 1.59. The Morgan fingerprint density at radius 3 is 2.83 bits per heavy atom. The SMILES string of the molecule is C=C(Cc1nc2ccc(C(C)C)cc2s1)C(N)=O. The van der Waals surface area contributed by atoms with Crippen molar-refractivity contribution in [3.05, 3.63) is 40.9 Å². The van der Waals surface area contributed by atoms with E-state index in [4.69, 9.17) is 5.73 Å². The van der Waals surface area contributed by atoms with Crippen LogP contribution in [0, 0.1) is 0 Å². The maximum Gasteiger partial charge on any atom is 0.244 e. The van der Waals surface area contributed by atoms with E-state index in [9.17, 15) is 4.79 Å². The highest BCUT2D eigenvalue weighted by Crippen LogP contribution is 2.27. The van der Waals surface area contributed by atoms with Crippen LogP contribution in [0.2, 0.25) is 0 Å². The maximum atomic E-state index is 11.0. The van der Waals surface area contributed by atoms with Gasteiger partial charge in [0, 0.05) is 12.0 Å². The highest BCUT2D eigenvalue weighted by molar-refractivity contribution is 7.18. The summed E-state index contributed by atoms with van der Waals surface area (Å²) in [5.41, 5.74) is 7.85. The predicted molar refractivity (Wildman–Crippen MR) is 75.7 cm³/mol. The molecule has 0 radical (unpaired) electrons. The quantitative estimate of drug-likeness (QED) is 0.859. The van der Waals surface area contributed by atoms with Gasteiger partial charge in [-0.3, -0.25) is 4.79 Å². The number of primary amides is 1. The van der Waals surface area contributed by atoms with Crippen molar-refractivity contribution in [2.45, 2.75) is 26.2 Å². The number of hydrogen-bond acceptors (Lipinski definition) is 3. The van der Waals surface area contributed by atoms with Crippen LogP contribution in [0.15, 0.2) is 30.4 Å². The van der Waals surface area contributed by atoms with E-state index in [2.05, 4.69) is 37.5 Å². The number of amides is 1. The van der Waals surface area contributed by atoms with Gasteiger partial charge in [0.1, 0.15) is 0 Å². The smallest absolute Gasteiger partial charge is 0.244 e. The molecule has 3 nitrogen and oxygen atoms in total. The third kappa shape index (κ3) is 2.59. The van der Waals surface area contributed by atoms with E-state index in [0.717, 1.165) is 15.2 Å². The summed E-state index contributed by atoms with van der Waals surface area (Å²) in [6.45, 7) is 7.99. The summed E-state index contributed by atoms with van der Waals surface area (Å²) in [6, 6.07) is 6.28. The van der Waals surface area contributed by atoms with Crippen LogP contribution < -0.4 is 5.73 Å². The summed E-state index contributed by atoms with van der Waals surface area (Å²) in [5.74, 6) is 0.0395. The lowest BCUT2D eigenvalue weighted by molar-refractivity contribution is -0.114. The van der Waals surface area contributed by atoms with E-state index < -0.39 is 5.91 Å². The Morgan fingerprint density at radius 1 is 1.50 bits per heavy atom. The number of fused-ring (bicyclic) bond motifs is 1. The van der Waals surface area contributed by atoms with E-state index in [-0.39, 0.29) is 0 Å². The Balaban J connectivity index is 2.32. The third-order valence-corrected chi connectivity index (χ3v) is 3.85. The van der Waals surface area contributed by atoms with Crippen molar-refractivity contribution >= 4 is 27.5 Å². The fourth-order valence-electron chi connectivity index (χ4n) is 1.69. The normalized spacial score (nSPS) is 11.1. The summed E-state index contributed by atoms with van der Waals surface area (Å²) in [6.07, 6.45) is 0.436. The molecule has 2 aromatic rings. The van der Waals surface area contributed by atoms with Crippen molar-refractivity contribution in [1.29, 1.82) is 0 Å². The van der Waals surface area contributed by atoms with Crippen molar-refractivity contribution in [3.8, 4) is 0 Å². The van der Waals surface area contributed by atoms with Crippen molar-refractivity contribution in [3.63, 3.8) is 0 Å². The molecule has 1 aromatic carbocycles. The van der Waals surface area contributed by atoms with Crippen LogP contribution in [0.5, 0.6) is 0 Å². The lowest BCUT2D eigenvalue weighted by Crippen LogP contribution is -2.14. The average molecular weight is 260 g/mol. The number of nitrogens with two attached hydrogens (primary N) is 1. The molecule has 0 aliphatic carbocycles. The molecule has 0 aliphatic rings. The predicted octanol–water partition coefficient (Wildman–Crippen LogP) is 3.00. The molecule has 0 saturated heterocycles. The molecule has 2 N–H and O–H groups in total. The zero-order valence-corrected chi connectivity index (χ0v) is 11.4. The van der Waals surface area contributed by atoms with Gasteiger partial charge in [0.25, 0.3) is 0 Å². The molecule has 1 heterocycles. The average Bonchev–Trinajstić information content (AvgIpc) is 2.69. The zero-order chi connectivity index (χ0) is 13.3. The zero-order valence-electron chi connectivity index (χ0n) is 10.6. The maximum absolute atomic E-state index is 11.0. The van der Waals surface area contributed by atoms with Crippen LogP contribution in [0.1, 0.15) is 30.3 Å². The van der Waals surface area contributed by atoms with Crippen molar-refractivity contribution in [2.24, 2.45) is 5.73 Å². The number of rotatable bonds is 4. The second kappa shape index (κ2) is 4.90. The van der Waals surface area contributed by atoms with Crippen molar-refractivity contribution < 1.29 is 4.79 Å². The number of carbonyl (C=O) groups is 1. The molecule has 0 bridgehead atoms. The number of nitrogens with zero attached hydrogens (tertiary/aromatic N) is 1. The van der Waals surface area contributed by atoms with Crippen LogP contribution in [0.4, 0.5) is 0 Å². The van der Waals surface area contributed by atoms with Crippen molar-refractivity contribution in [1.82, 2.24) is 4.98 Å². The Hall–Kier alpha value is -1.68. The standard InChI is InChI=1S/C14H16N2OS/c1-8(2)10-4-5-11-12(7-10)18-13(16-11)6-9(3)14(15)17/h4-5,7-8H,3,6H2,1-2H3,(H2,15,17). The molecule has 18 heavy (non-hydrogen) atoms. The summed E-state index contributed by atoms with van der Waals surface area (Å²) in [5, 5.41) is 0.884. The highest BCUT2D eigenvalue weighted by Gasteiger charge is 2.09. The van der Waals surface area contributed by atoms with Gasteiger partial charge in [-0.1, -0.05) is 26.5 Å². The highest BCUT2D eigenvalue weighted by atomic mass is 32.1. The largest absolute Gasteiger partial charge is 0.366 e. The van der Waals surface area contributed by atoms with E-state index >= 15 is 0 Å². The van der Waals surface area contributed by atoms with Crippen LogP contribution in [0.25, 0.3) is 10.2 Å². The van der Waals surface area contributed by atoms with Crippen LogP contribution >= 0.6 is 11.3 Å². The van der Waals surface area contributed by atoms with Crippen LogP contribution in [-0.4, -0.2) is 10.9 Å². The first-order valence-corrected chi connectivity index (χ1v) is 6.66. The number of carbonyl (C=O) groups excluding carboxylic acids is 1.